The monoisotopic (exact) mass is 451 g/mol. The second-order valence-electron chi connectivity index (χ2n) is 7.18. The van der Waals surface area contributed by atoms with Gasteiger partial charge < -0.3 is 23.7 Å². The van der Waals surface area contributed by atoms with Crippen molar-refractivity contribution in [1.82, 2.24) is 14.4 Å². The Morgan fingerprint density at radius 3 is 2.39 bits per heavy atom. The molecule has 1 aromatic heterocycles. The van der Waals surface area contributed by atoms with Gasteiger partial charge in [-0.05, 0) is 28.1 Å². The van der Waals surface area contributed by atoms with Gasteiger partial charge in [-0.25, -0.2) is 0 Å². The molecule has 0 saturated carbocycles. The molecule has 3 heterocycles. The summed E-state index contributed by atoms with van der Waals surface area (Å²) in [6.07, 6.45) is 0. The van der Waals surface area contributed by atoms with Crippen LogP contribution in [0.25, 0.3) is 10.9 Å². The maximum Gasteiger partial charge on any atom is 0.256 e. The van der Waals surface area contributed by atoms with Crippen molar-refractivity contribution in [2.24, 2.45) is 7.05 Å². The Hall–Kier alpha value is -1.61. The maximum absolute atomic E-state index is 13.5. The van der Waals surface area contributed by atoms with Gasteiger partial charge in [-0.15, -0.1) is 0 Å². The van der Waals surface area contributed by atoms with Crippen molar-refractivity contribution < 1.29 is 19.0 Å². The molecule has 0 spiro atoms. The minimum atomic E-state index is 0.0709. The number of benzene rings is 1. The summed E-state index contributed by atoms with van der Waals surface area (Å²) in [7, 11) is 3.68. The third kappa shape index (κ3) is 3.66. The standard InChI is InChI=1S/C20H26BrN3O4/c1-22-16-12-15(21)18(26-2)11-14(16)19(20(25)24-5-9-28-10-6-24)17(22)13-23-3-7-27-8-4-23/h11-12H,3-10,13H2,1-2H3. The van der Waals surface area contributed by atoms with Crippen LogP contribution in [0.4, 0.5) is 0 Å². The fourth-order valence-electron chi connectivity index (χ4n) is 3.97. The van der Waals surface area contributed by atoms with E-state index >= 15 is 0 Å². The summed E-state index contributed by atoms with van der Waals surface area (Å²) < 4.78 is 19.4. The Bertz CT molecular complexity index is 870. The molecule has 2 saturated heterocycles. The number of methoxy groups -OCH3 is 1. The van der Waals surface area contributed by atoms with Crippen LogP contribution in [-0.2, 0) is 23.1 Å². The number of rotatable bonds is 4. The number of ether oxygens (including phenoxy) is 3. The summed E-state index contributed by atoms with van der Waals surface area (Å²) in [5, 5.41) is 0.933. The molecule has 1 amide bonds. The van der Waals surface area contributed by atoms with E-state index in [2.05, 4.69) is 25.4 Å². The molecule has 0 radical (unpaired) electrons. The second-order valence-corrected chi connectivity index (χ2v) is 8.03. The molecule has 2 aliphatic rings. The van der Waals surface area contributed by atoms with E-state index in [0.717, 1.165) is 65.2 Å². The van der Waals surface area contributed by atoms with Crippen LogP contribution in [0.5, 0.6) is 5.75 Å². The summed E-state index contributed by atoms with van der Waals surface area (Å²) >= 11 is 3.58. The molecule has 8 heteroatoms. The lowest BCUT2D eigenvalue weighted by Crippen LogP contribution is -2.41. The SMILES string of the molecule is COc1cc2c(C(=O)N3CCOCC3)c(CN3CCOCC3)n(C)c2cc1Br. The van der Waals surface area contributed by atoms with Crippen molar-refractivity contribution in [1.29, 1.82) is 0 Å². The molecule has 2 aromatic rings. The van der Waals surface area contributed by atoms with Crippen molar-refractivity contribution >= 4 is 32.7 Å². The fraction of sp³-hybridized carbons (Fsp3) is 0.550. The minimum Gasteiger partial charge on any atom is -0.496 e. The van der Waals surface area contributed by atoms with Gasteiger partial charge in [0.2, 0.25) is 0 Å². The number of hydrogen-bond donors (Lipinski definition) is 0. The highest BCUT2D eigenvalue weighted by atomic mass is 79.9. The van der Waals surface area contributed by atoms with E-state index in [1.807, 2.05) is 24.1 Å². The molecule has 2 aliphatic heterocycles. The quantitative estimate of drug-likeness (QED) is 0.713. The third-order valence-electron chi connectivity index (χ3n) is 5.58. The Morgan fingerprint density at radius 1 is 1.11 bits per heavy atom. The largest absolute Gasteiger partial charge is 0.496 e. The summed E-state index contributed by atoms with van der Waals surface area (Å²) in [5.74, 6) is 0.800. The number of hydrogen-bond acceptors (Lipinski definition) is 5. The highest BCUT2D eigenvalue weighted by Crippen LogP contribution is 2.36. The van der Waals surface area contributed by atoms with Crippen molar-refractivity contribution in [3.05, 3.63) is 27.9 Å². The number of halogens is 1. The van der Waals surface area contributed by atoms with Crippen LogP contribution >= 0.6 is 15.9 Å². The van der Waals surface area contributed by atoms with E-state index in [1.54, 1.807) is 7.11 Å². The smallest absolute Gasteiger partial charge is 0.256 e. The first-order valence-electron chi connectivity index (χ1n) is 9.62. The first-order valence-corrected chi connectivity index (χ1v) is 10.4. The lowest BCUT2D eigenvalue weighted by atomic mass is 10.1. The molecule has 0 unspecified atom stereocenters. The minimum absolute atomic E-state index is 0.0709. The van der Waals surface area contributed by atoms with Crippen LogP contribution in [0.1, 0.15) is 16.1 Å². The molecule has 7 nitrogen and oxygen atoms in total. The van der Waals surface area contributed by atoms with Gasteiger partial charge in [-0.1, -0.05) is 0 Å². The van der Waals surface area contributed by atoms with E-state index in [4.69, 9.17) is 14.2 Å². The lowest BCUT2D eigenvalue weighted by molar-refractivity contribution is 0.0288. The molecule has 0 N–H and O–H groups in total. The average Bonchev–Trinajstić information content (AvgIpc) is 2.99. The topological polar surface area (TPSA) is 56.2 Å². The van der Waals surface area contributed by atoms with E-state index < -0.39 is 0 Å². The van der Waals surface area contributed by atoms with Gasteiger partial charge in [0.15, 0.2) is 0 Å². The number of morpholine rings is 2. The van der Waals surface area contributed by atoms with Gasteiger partial charge in [-0.3, -0.25) is 9.69 Å². The lowest BCUT2D eigenvalue weighted by Gasteiger charge is -2.29. The van der Waals surface area contributed by atoms with Crippen LogP contribution < -0.4 is 4.74 Å². The average molecular weight is 452 g/mol. The molecule has 152 valence electrons. The third-order valence-corrected chi connectivity index (χ3v) is 6.20. The number of carbonyl (C=O) groups excluding carboxylic acids is 1. The number of aryl methyl sites for hydroxylation is 1. The number of carbonyl (C=O) groups is 1. The summed E-state index contributed by atoms with van der Waals surface area (Å²) in [5.41, 5.74) is 2.83. The van der Waals surface area contributed by atoms with Crippen molar-refractivity contribution in [3.63, 3.8) is 0 Å². The molecular formula is C20H26BrN3O4. The van der Waals surface area contributed by atoms with Crippen LogP contribution in [0, 0.1) is 0 Å². The van der Waals surface area contributed by atoms with E-state index in [-0.39, 0.29) is 5.91 Å². The fourth-order valence-corrected chi connectivity index (χ4v) is 4.46. The Balaban J connectivity index is 1.82. The molecule has 0 aliphatic carbocycles. The normalized spacial score (nSPS) is 18.6. The molecular weight excluding hydrogens is 426 g/mol. The number of amides is 1. The van der Waals surface area contributed by atoms with Crippen molar-refractivity contribution in [2.45, 2.75) is 6.54 Å². The second kappa shape index (κ2) is 8.41. The molecule has 28 heavy (non-hydrogen) atoms. The molecule has 1 aromatic carbocycles. The van der Waals surface area contributed by atoms with Crippen LogP contribution in [-0.4, -0.2) is 80.0 Å². The molecule has 2 fully saturated rings. The highest BCUT2D eigenvalue weighted by molar-refractivity contribution is 9.10. The Kier molecular flexibility index (Phi) is 5.91. The highest BCUT2D eigenvalue weighted by Gasteiger charge is 2.28. The summed E-state index contributed by atoms with van der Waals surface area (Å²) in [6, 6.07) is 4.00. The molecule has 0 bridgehead atoms. The maximum atomic E-state index is 13.5. The van der Waals surface area contributed by atoms with E-state index in [0.29, 0.717) is 26.3 Å². The van der Waals surface area contributed by atoms with Gasteiger partial charge in [0, 0.05) is 50.9 Å². The first-order chi connectivity index (χ1) is 13.6. The van der Waals surface area contributed by atoms with Crippen molar-refractivity contribution in [3.8, 4) is 5.75 Å². The molecule has 4 rings (SSSR count). The van der Waals surface area contributed by atoms with Crippen LogP contribution in [0.15, 0.2) is 16.6 Å². The van der Waals surface area contributed by atoms with Crippen LogP contribution in [0.2, 0.25) is 0 Å². The zero-order valence-electron chi connectivity index (χ0n) is 16.4. The number of fused-ring (bicyclic) bond motifs is 1. The van der Waals surface area contributed by atoms with Gasteiger partial charge in [0.25, 0.3) is 5.91 Å². The van der Waals surface area contributed by atoms with Gasteiger partial charge >= 0.3 is 0 Å². The summed E-state index contributed by atoms with van der Waals surface area (Å²) in [4.78, 5) is 17.8. The van der Waals surface area contributed by atoms with Gasteiger partial charge in [0.05, 0.1) is 49.1 Å². The Labute approximate surface area is 173 Å². The predicted octanol–water partition coefficient (Wildman–Crippen LogP) is 2.25. The number of nitrogens with zero attached hydrogens (tertiary/aromatic N) is 3. The Morgan fingerprint density at radius 2 is 1.75 bits per heavy atom. The molecule has 0 atom stereocenters. The van der Waals surface area contributed by atoms with Gasteiger partial charge in [0.1, 0.15) is 5.75 Å². The zero-order valence-corrected chi connectivity index (χ0v) is 18.0. The number of aromatic nitrogens is 1. The zero-order chi connectivity index (χ0) is 19.7. The van der Waals surface area contributed by atoms with E-state index in [1.165, 1.54) is 0 Å². The summed E-state index contributed by atoms with van der Waals surface area (Å²) in [6.45, 7) is 6.36. The van der Waals surface area contributed by atoms with E-state index in [9.17, 15) is 4.79 Å². The van der Waals surface area contributed by atoms with Crippen LogP contribution in [0.3, 0.4) is 0 Å². The first kappa shape index (κ1) is 19.7. The van der Waals surface area contributed by atoms with Gasteiger partial charge in [-0.2, -0.15) is 0 Å². The van der Waals surface area contributed by atoms with Crippen molar-refractivity contribution in [2.75, 3.05) is 59.7 Å². The predicted molar refractivity (Wildman–Crippen MR) is 110 cm³/mol.